The van der Waals surface area contributed by atoms with Crippen LogP contribution in [0.3, 0.4) is 0 Å². The van der Waals surface area contributed by atoms with Crippen LogP contribution < -0.4 is 5.56 Å². The van der Waals surface area contributed by atoms with E-state index in [0.717, 1.165) is 12.8 Å². The van der Waals surface area contributed by atoms with Crippen molar-refractivity contribution in [3.05, 3.63) is 33.7 Å². The molecule has 0 fully saturated rings. The van der Waals surface area contributed by atoms with Crippen molar-refractivity contribution >= 4 is 22.2 Å². The van der Waals surface area contributed by atoms with Crippen molar-refractivity contribution in [2.45, 2.75) is 19.8 Å². The Labute approximate surface area is 109 Å². The number of fused-ring (bicyclic) bond motifs is 1. The van der Waals surface area contributed by atoms with E-state index in [0.29, 0.717) is 11.5 Å². The van der Waals surface area contributed by atoms with Crippen molar-refractivity contribution in [1.29, 1.82) is 0 Å². The molecule has 6 heteroatoms. The van der Waals surface area contributed by atoms with E-state index in [1.54, 1.807) is 23.5 Å². The Morgan fingerprint density at radius 1 is 1.56 bits per heavy atom. The minimum Gasteiger partial charge on any atom is -0.341 e. The summed E-state index contributed by atoms with van der Waals surface area (Å²) < 4.78 is 1.41. The van der Waals surface area contributed by atoms with Gasteiger partial charge in [-0.2, -0.15) is 0 Å². The van der Waals surface area contributed by atoms with E-state index in [1.165, 1.54) is 21.9 Å². The second kappa shape index (κ2) is 5.30. The van der Waals surface area contributed by atoms with Gasteiger partial charge in [-0.3, -0.25) is 14.0 Å². The molecule has 0 aliphatic carbocycles. The monoisotopic (exact) mass is 265 g/mol. The van der Waals surface area contributed by atoms with E-state index >= 15 is 0 Å². The standard InChI is InChI=1S/C12H15N3O2S/c1-3-4-5-14(2)10(16)9-8-13-12-15(11(9)17)6-7-18-12/h6-8H,3-5H2,1-2H3. The number of rotatable bonds is 4. The quantitative estimate of drug-likeness (QED) is 0.844. The van der Waals surface area contributed by atoms with Crippen LogP contribution >= 0.6 is 11.3 Å². The molecule has 0 radical (unpaired) electrons. The van der Waals surface area contributed by atoms with Crippen LogP contribution in [0, 0.1) is 0 Å². The second-order valence-electron chi connectivity index (χ2n) is 4.11. The maximum absolute atomic E-state index is 12.1. The fourth-order valence-corrected chi connectivity index (χ4v) is 2.35. The molecule has 1 amide bonds. The number of amides is 1. The number of thiazole rings is 1. The number of hydrogen-bond acceptors (Lipinski definition) is 4. The van der Waals surface area contributed by atoms with Crippen molar-refractivity contribution in [1.82, 2.24) is 14.3 Å². The Morgan fingerprint density at radius 3 is 3.06 bits per heavy atom. The lowest BCUT2D eigenvalue weighted by Crippen LogP contribution is -2.33. The molecule has 2 aromatic rings. The van der Waals surface area contributed by atoms with Gasteiger partial charge in [0.15, 0.2) is 4.96 Å². The van der Waals surface area contributed by atoms with Gasteiger partial charge in [0.2, 0.25) is 0 Å². The molecule has 0 aliphatic rings. The van der Waals surface area contributed by atoms with Crippen LogP contribution in [-0.2, 0) is 0 Å². The van der Waals surface area contributed by atoms with Crippen molar-refractivity contribution in [3.63, 3.8) is 0 Å². The Bertz CT molecular complexity index is 617. The third kappa shape index (κ3) is 2.28. The van der Waals surface area contributed by atoms with Crippen LogP contribution in [0.2, 0.25) is 0 Å². The van der Waals surface area contributed by atoms with Crippen molar-refractivity contribution in [2.75, 3.05) is 13.6 Å². The van der Waals surface area contributed by atoms with Crippen LogP contribution in [-0.4, -0.2) is 33.8 Å². The SMILES string of the molecule is CCCCN(C)C(=O)c1cnc2sccn2c1=O. The van der Waals surface area contributed by atoms with Crippen LogP contribution in [0.4, 0.5) is 0 Å². The molecule has 18 heavy (non-hydrogen) atoms. The van der Waals surface area contributed by atoms with Gasteiger partial charge in [-0.05, 0) is 6.42 Å². The summed E-state index contributed by atoms with van der Waals surface area (Å²) in [5, 5.41) is 1.78. The molecule has 96 valence electrons. The van der Waals surface area contributed by atoms with Crippen molar-refractivity contribution in [2.24, 2.45) is 0 Å². The van der Waals surface area contributed by atoms with Crippen LogP contribution in [0.25, 0.3) is 4.96 Å². The van der Waals surface area contributed by atoms with Gasteiger partial charge in [-0.25, -0.2) is 4.98 Å². The van der Waals surface area contributed by atoms with E-state index in [-0.39, 0.29) is 17.0 Å². The van der Waals surface area contributed by atoms with Gasteiger partial charge < -0.3 is 4.90 Å². The Hall–Kier alpha value is -1.69. The molecule has 0 unspecified atom stereocenters. The molecule has 0 atom stereocenters. The Morgan fingerprint density at radius 2 is 2.33 bits per heavy atom. The highest BCUT2D eigenvalue weighted by atomic mass is 32.1. The van der Waals surface area contributed by atoms with E-state index in [1.807, 2.05) is 0 Å². The molecule has 0 bridgehead atoms. The fourth-order valence-electron chi connectivity index (χ4n) is 1.67. The van der Waals surface area contributed by atoms with Crippen LogP contribution in [0.15, 0.2) is 22.6 Å². The first kappa shape index (κ1) is 12.8. The van der Waals surface area contributed by atoms with Gasteiger partial charge in [-0.15, -0.1) is 11.3 Å². The molecule has 2 heterocycles. The number of unbranched alkanes of at least 4 members (excludes halogenated alkanes) is 1. The molecule has 0 spiro atoms. The third-order valence-corrected chi connectivity index (χ3v) is 3.54. The maximum atomic E-state index is 12.1. The van der Waals surface area contributed by atoms with Gasteiger partial charge >= 0.3 is 0 Å². The van der Waals surface area contributed by atoms with E-state index in [4.69, 9.17) is 0 Å². The summed E-state index contributed by atoms with van der Waals surface area (Å²) in [6.45, 7) is 2.72. The molecule has 0 aliphatic heterocycles. The summed E-state index contributed by atoms with van der Waals surface area (Å²) in [5.41, 5.74) is -0.167. The maximum Gasteiger partial charge on any atom is 0.271 e. The minimum absolute atomic E-state index is 0.129. The van der Waals surface area contributed by atoms with Gasteiger partial charge in [-0.1, -0.05) is 13.3 Å². The van der Waals surface area contributed by atoms with Crippen molar-refractivity contribution < 1.29 is 4.79 Å². The number of carbonyl (C=O) groups excluding carboxylic acids is 1. The average Bonchev–Trinajstić information content (AvgIpc) is 2.84. The van der Waals surface area contributed by atoms with E-state index in [2.05, 4.69) is 11.9 Å². The largest absolute Gasteiger partial charge is 0.341 e. The van der Waals surface area contributed by atoms with E-state index in [9.17, 15) is 9.59 Å². The highest BCUT2D eigenvalue weighted by Crippen LogP contribution is 2.07. The molecular formula is C12H15N3O2S. The number of aromatic nitrogens is 2. The van der Waals surface area contributed by atoms with Crippen LogP contribution in [0.1, 0.15) is 30.1 Å². The molecule has 2 rings (SSSR count). The highest BCUT2D eigenvalue weighted by Gasteiger charge is 2.17. The van der Waals surface area contributed by atoms with Crippen LogP contribution in [0.5, 0.6) is 0 Å². The zero-order valence-corrected chi connectivity index (χ0v) is 11.2. The molecule has 2 aromatic heterocycles. The lowest BCUT2D eigenvalue weighted by Gasteiger charge is -2.15. The molecule has 0 aromatic carbocycles. The van der Waals surface area contributed by atoms with Gasteiger partial charge in [0.25, 0.3) is 11.5 Å². The fraction of sp³-hybridized carbons (Fsp3) is 0.417. The summed E-state index contributed by atoms with van der Waals surface area (Å²) >= 11 is 1.37. The summed E-state index contributed by atoms with van der Waals surface area (Å²) in [5.74, 6) is -0.262. The number of hydrogen-bond donors (Lipinski definition) is 0. The van der Waals surface area contributed by atoms with Gasteiger partial charge in [0.1, 0.15) is 5.56 Å². The van der Waals surface area contributed by atoms with Gasteiger partial charge in [0.05, 0.1) is 0 Å². The summed E-state index contributed by atoms with van der Waals surface area (Å²) in [4.78, 5) is 30.5. The average molecular weight is 265 g/mol. The highest BCUT2D eigenvalue weighted by molar-refractivity contribution is 7.15. The molecular weight excluding hydrogens is 250 g/mol. The second-order valence-corrected chi connectivity index (χ2v) is 4.99. The molecule has 5 nitrogen and oxygen atoms in total. The summed E-state index contributed by atoms with van der Waals surface area (Å²) in [7, 11) is 1.71. The normalized spacial score (nSPS) is 10.8. The van der Waals surface area contributed by atoms with Crippen molar-refractivity contribution in [3.8, 4) is 0 Å². The smallest absolute Gasteiger partial charge is 0.271 e. The summed E-state index contributed by atoms with van der Waals surface area (Å²) in [6.07, 6.45) is 4.95. The lowest BCUT2D eigenvalue weighted by atomic mass is 10.2. The first-order valence-corrected chi connectivity index (χ1v) is 6.73. The van der Waals surface area contributed by atoms with Gasteiger partial charge in [0, 0.05) is 31.4 Å². The third-order valence-electron chi connectivity index (χ3n) is 2.77. The predicted octanol–water partition coefficient (Wildman–Crippen LogP) is 1.63. The summed E-state index contributed by atoms with van der Waals surface area (Å²) in [6, 6.07) is 0. The van der Waals surface area contributed by atoms with E-state index < -0.39 is 0 Å². The zero-order chi connectivity index (χ0) is 13.1. The Balaban J connectivity index is 2.33. The molecule has 0 N–H and O–H groups in total. The predicted molar refractivity (Wildman–Crippen MR) is 71.2 cm³/mol. The molecule has 0 saturated heterocycles. The number of carbonyl (C=O) groups is 1. The minimum atomic E-state index is -0.297. The topological polar surface area (TPSA) is 54.7 Å². The molecule has 0 saturated carbocycles. The number of nitrogens with zero attached hydrogens (tertiary/aromatic N) is 3. The Kier molecular flexibility index (Phi) is 3.76. The first-order chi connectivity index (χ1) is 8.65. The lowest BCUT2D eigenvalue weighted by molar-refractivity contribution is 0.0791. The first-order valence-electron chi connectivity index (χ1n) is 5.85. The zero-order valence-electron chi connectivity index (χ0n) is 10.4.